The first kappa shape index (κ1) is 27.1. The van der Waals surface area contributed by atoms with Gasteiger partial charge in [0.1, 0.15) is 11.5 Å². The fourth-order valence-electron chi connectivity index (χ4n) is 4.36. The zero-order valence-corrected chi connectivity index (χ0v) is 22.0. The molecule has 2 aromatic rings. The number of methoxy groups -OCH3 is 2. The van der Waals surface area contributed by atoms with Gasteiger partial charge in [0.05, 0.1) is 32.4 Å². The molecule has 1 fully saturated rings. The lowest BCUT2D eigenvalue weighted by Crippen LogP contribution is -2.32. The van der Waals surface area contributed by atoms with Crippen molar-refractivity contribution >= 4 is 17.4 Å². The molecule has 8 nitrogen and oxygen atoms in total. The van der Waals surface area contributed by atoms with E-state index in [1.165, 1.54) is 12.0 Å². The van der Waals surface area contributed by atoms with Crippen molar-refractivity contribution in [1.29, 1.82) is 0 Å². The maximum Gasteiger partial charge on any atom is 0.295 e. The molecule has 2 aromatic carbocycles. The second-order valence-corrected chi connectivity index (χ2v) is 9.09. The predicted octanol–water partition coefficient (Wildman–Crippen LogP) is 4.17. The topological polar surface area (TPSA) is 88.5 Å². The highest BCUT2D eigenvalue weighted by atomic mass is 16.5. The molecule has 36 heavy (non-hydrogen) atoms. The quantitative estimate of drug-likeness (QED) is 0.284. The molecule has 1 aliphatic rings. The van der Waals surface area contributed by atoms with E-state index in [0.29, 0.717) is 47.9 Å². The Labute approximate surface area is 213 Å². The Morgan fingerprint density at radius 3 is 2.33 bits per heavy atom. The van der Waals surface area contributed by atoms with E-state index in [-0.39, 0.29) is 11.3 Å². The minimum absolute atomic E-state index is 0.0544. The second-order valence-electron chi connectivity index (χ2n) is 9.09. The molecular weight excluding hydrogens is 460 g/mol. The van der Waals surface area contributed by atoms with Crippen LogP contribution in [0.1, 0.15) is 42.5 Å². The van der Waals surface area contributed by atoms with Crippen LogP contribution >= 0.6 is 0 Å². The molecule has 1 aliphatic heterocycles. The summed E-state index contributed by atoms with van der Waals surface area (Å²) >= 11 is 0. The minimum Gasteiger partial charge on any atom is -0.507 e. The van der Waals surface area contributed by atoms with Crippen LogP contribution in [0.5, 0.6) is 17.2 Å². The van der Waals surface area contributed by atoms with E-state index < -0.39 is 17.7 Å². The summed E-state index contributed by atoms with van der Waals surface area (Å²) in [5.74, 6) is 0.171. The van der Waals surface area contributed by atoms with E-state index in [9.17, 15) is 14.7 Å². The fraction of sp³-hybridized carbons (Fsp3) is 0.429. The molecule has 1 N–H and O–H groups in total. The van der Waals surface area contributed by atoms with E-state index in [1.807, 2.05) is 32.8 Å². The molecule has 0 saturated carbocycles. The zero-order chi connectivity index (χ0) is 26.4. The lowest BCUT2D eigenvalue weighted by atomic mass is 9.94. The van der Waals surface area contributed by atoms with Gasteiger partial charge in [-0.15, -0.1) is 0 Å². The van der Waals surface area contributed by atoms with Gasteiger partial charge >= 0.3 is 0 Å². The number of amides is 1. The zero-order valence-electron chi connectivity index (χ0n) is 22.0. The number of hydrogen-bond donors (Lipinski definition) is 1. The van der Waals surface area contributed by atoms with Gasteiger partial charge in [-0.25, -0.2) is 0 Å². The number of benzene rings is 2. The maximum atomic E-state index is 13.3. The van der Waals surface area contributed by atoms with E-state index >= 15 is 0 Å². The average molecular weight is 497 g/mol. The average Bonchev–Trinajstić information content (AvgIpc) is 3.11. The van der Waals surface area contributed by atoms with Gasteiger partial charge in [-0.1, -0.05) is 13.0 Å². The first-order valence-corrected chi connectivity index (χ1v) is 12.1. The molecule has 0 bridgehead atoms. The Morgan fingerprint density at radius 2 is 1.72 bits per heavy atom. The molecule has 1 unspecified atom stereocenters. The number of carbonyl (C=O) groups excluding carboxylic acids is 2. The molecule has 0 spiro atoms. The number of aryl methyl sites for hydroxylation is 1. The van der Waals surface area contributed by atoms with Crippen molar-refractivity contribution in [2.75, 3.05) is 48.0 Å². The number of ether oxygens (including phenoxy) is 3. The summed E-state index contributed by atoms with van der Waals surface area (Å²) < 4.78 is 16.6. The molecule has 0 aromatic heterocycles. The highest BCUT2D eigenvalue weighted by Gasteiger charge is 2.46. The van der Waals surface area contributed by atoms with Crippen LogP contribution in [0.3, 0.4) is 0 Å². The molecule has 0 radical (unpaired) electrons. The van der Waals surface area contributed by atoms with Crippen LogP contribution in [0.2, 0.25) is 0 Å². The molecule has 8 heteroatoms. The van der Waals surface area contributed by atoms with Gasteiger partial charge in [0.25, 0.3) is 11.7 Å². The number of hydrogen-bond acceptors (Lipinski definition) is 7. The third-order valence-corrected chi connectivity index (χ3v) is 6.18. The van der Waals surface area contributed by atoms with Crippen molar-refractivity contribution in [3.8, 4) is 17.2 Å². The van der Waals surface area contributed by atoms with Gasteiger partial charge < -0.3 is 29.1 Å². The minimum atomic E-state index is -0.761. The van der Waals surface area contributed by atoms with E-state index in [0.717, 1.165) is 18.5 Å². The van der Waals surface area contributed by atoms with E-state index in [1.54, 1.807) is 43.5 Å². The lowest BCUT2D eigenvalue weighted by Gasteiger charge is -2.26. The highest BCUT2D eigenvalue weighted by molar-refractivity contribution is 6.46. The summed E-state index contributed by atoms with van der Waals surface area (Å²) in [6, 6.07) is 9.76. The van der Waals surface area contributed by atoms with Crippen LogP contribution < -0.4 is 14.2 Å². The largest absolute Gasteiger partial charge is 0.507 e. The summed E-state index contributed by atoms with van der Waals surface area (Å²) in [5, 5.41) is 11.4. The molecule has 0 aliphatic carbocycles. The van der Waals surface area contributed by atoms with Gasteiger partial charge in [-0.3, -0.25) is 9.59 Å². The first-order chi connectivity index (χ1) is 17.2. The monoisotopic (exact) mass is 496 g/mol. The number of aliphatic hydroxyl groups is 1. The lowest BCUT2D eigenvalue weighted by molar-refractivity contribution is -0.139. The molecule has 1 amide bonds. The fourth-order valence-corrected chi connectivity index (χ4v) is 4.36. The number of aliphatic hydroxyl groups excluding tert-OH is 1. The third kappa shape index (κ3) is 5.65. The van der Waals surface area contributed by atoms with Crippen molar-refractivity contribution in [1.82, 2.24) is 9.80 Å². The van der Waals surface area contributed by atoms with Crippen molar-refractivity contribution < 1.29 is 28.9 Å². The van der Waals surface area contributed by atoms with Crippen molar-refractivity contribution in [2.45, 2.75) is 32.7 Å². The third-order valence-electron chi connectivity index (χ3n) is 6.18. The predicted molar refractivity (Wildman–Crippen MR) is 139 cm³/mol. The van der Waals surface area contributed by atoms with Crippen molar-refractivity contribution in [2.24, 2.45) is 0 Å². The van der Waals surface area contributed by atoms with Crippen LogP contribution in [-0.4, -0.2) is 74.6 Å². The Hall–Kier alpha value is -3.52. The number of likely N-dealkylation sites (tertiary alicyclic amines) is 1. The SMILES string of the molecule is CCCOc1ccc(/C(O)=C2\C(=O)C(=O)N(CCCN(C)C)C2c2ccc(OC)c(OC)c2)cc1C. The van der Waals surface area contributed by atoms with Crippen molar-refractivity contribution in [3.05, 3.63) is 58.7 Å². The number of nitrogens with zero attached hydrogens (tertiary/aromatic N) is 2. The molecule has 194 valence electrons. The summed E-state index contributed by atoms with van der Waals surface area (Å²) in [4.78, 5) is 30.0. The van der Waals surface area contributed by atoms with Gasteiger partial charge in [0, 0.05) is 12.1 Å². The second kappa shape index (κ2) is 11.9. The molecule has 1 saturated heterocycles. The van der Waals surface area contributed by atoms with Crippen LogP contribution in [-0.2, 0) is 9.59 Å². The number of carbonyl (C=O) groups is 2. The normalized spacial score (nSPS) is 17.1. The molecule has 1 heterocycles. The number of rotatable bonds is 11. The highest BCUT2D eigenvalue weighted by Crippen LogP contribution is 2.42. The van der Waals surface area contributed by atoms with Crippen LogP contribution in [0.4, 0.5) is 0 Å². The van der Waals surface area contributed by atoms with Crippen LogP contribution in [0.15, 0.2) is 42.0 Å². The number of ketones is 1. The first-order valence-electron chi connectivity index (χ1n) is 12.1. The molecule has 1 atom stereocenters. The number of Topliss-reactive ketones (excluding diaryl/α,β-unsaturated/α-hetero) is 1. The smallest absolute Gasteiger partial charge is 0.295 e. The summed E-state index contributed by atoms with van der Waals surface area (Å²) in [6.07, 6.45) is 1.55. The van der Waals surface area contributed by atoms with Crippen molar-refractivity contribution in [3.63, 3.8) is 0 Å². The maximum absolute atomic E-state index is 13.3. The molecular formula is C28H36N2O6. The van der Waals surface area contributed by atoms with Gasteiger partial charge in [-0.2, -0.15) is 0 Å². The van der Waals surface area contributed by atoms with Gasteiger partial charge in [0.15, 0.2) is 11.5 Å². The van der Waals surface area contributed by atoms with Crippen LogP contribution in [0, 0.1) is 6.92 Å². The van der Waals surface area contributed by atoms with Crippen LogP contribution in [0.25, 0.3) is 5.76 Å². The Balaban J connectivity index is 2.12. The standard InChI is InChI=1S/C28H36N2O6/c1-7-15-36-21-11-10-20(16-18(21)2)26(31)24-25(19-9-12-22(34-5)23(17-19)35-6)30(28(33)27(24)32)14-8-13-29(3)4/h9-12,16-17,25,31H,7-8,13-15H2,1-6H3/b26-24+. The van der Waals surface area contributed by atoms with Gasteiger partial charge in [0.2, 0.25) is 0 Å². The van der Waals surface area contributed by atoms with E-state index in [2.05, 4.69) is 0 Å². The van der Waals surface area contributed by atoms with E-state index in [4.69, 9.17) is 14.2 Å². The summed E-state index contributed by atoms with van der Waals surface area (Å²) in [6.45, 7) is 5.61. The Kier molecular flexibility index (Phi) is 8.98. The Bertz CT molecular complexity index is 1140. The summed E-state index contributed by atoms with van der Waals surface area (Å²) in [5.41, 5.74) is 1.99. The van der Waals surface area contributed by atoms with Gasteiger partial charge in [-0.05, 0) is 81.9 Å². The molecule has 3 rings (SSSR count). The Morgan fingerprint density at radius 1 is 1.03 bits per heavy atom. The summed E-state index contributed by atoms with van der Waals surface area (Å²) in [7, 11) is 6.98.